The van der Waals surface area contributed by atoms with E-state index in [2.05, 4.69) is 5.32 Å². The van der Waals surface area contributed by atoms with Crippen molar-refractivity contribution in [2.24, 2.45) is 0 Å². The van der Waals surface area contributed by atoms with Gasteiger partial charge >= 0.3 is 0 Å². The molecule has 5 atom stereocenters. The van der Waals surface area contributed by atoms with Gasteiger partial charge in [0.2, 0.25) is 5.91 Å². The Morgan fingerprint density at radius 3 is 2.64 bits per heavy atom. The molecule has 1 amide bonds. The van der Waals surface area contributed by atoms with Crippen molar-refractivity contribution in [3.63, 3.8) is 0 Å². The molecule has 2 fully saturated rings. The molecule has 2 heterocycles. The van der Waals surface area contributed by atoms with E-state index >= 15 is 0 Å². The molecule has 146 valence electrons. The van der Waals surface area contributed by atoms with Crippen LogP contribution in [-0.4, -0.2) is 94.5 Å². The van der Waals surface area contributed by atoms with Crippen LogP contribution in [0, 0.1) is 0 Å². The van der Waals surface area contributed by atoms with E-state index in [0.717, 1.165) is 45.1 Å². The van der Waals surface area contributed by atoms with Crippen LogP contribution in [0.1, 0.15) is 38.5 Å². The van der Waals surface area contributed by atoms with E-state index in [4.69, 9.17) is 9.84 Å². The monoisotopic (exact) mass is 360 g/mol. The number of aliphatic hydroxyl groups is 4. The molecule has 5 N–H and O–H groups in total. The third-order valence-electron chi connectivity index (χ3n) is 5.01. The number of carbonyl (C=O) groups is 1. The summed E-state index contributed by atoms with van der Waals surface area (Å²) in [5.41, 5.74) is 0. The Morgan fingerprint density at radius 1 is 1.20 bits per heavy atom. The van der Waals surface area contributed by atoms with Gasteiger partial charge in [0.15, 0.2) is 0 Å². The summed E-state index contributed by atoms with van der Waals surface area (Å²) in [7, 11) is 0. The lowest BCUT2D eigenvalue weighted by atomic mass is 10.0. The molecule has 8 heteroatoms. The zero-order chi connectivity index (χ0) is 18.2. The minimum atomic E-state index is -1.38. The average molecular weight is 360 g/mol. The normalized spacial score (nSPS) is 34.2. The van der Waals surface area contributed by atoms with Crippen molar-refractivity contribution >= 4 is 5.91 Å². The number of nitrogens with one attached hydrogen (secondary N) is 1. The van der Waals surface area contributed by atoms with Crippen LogP contribution in [0.25, 0.3) is 0 Å². The molecule has 2 aliphatic rings. The highest BCUT2D eigenvalue weighted by Crippen LogP contribution is 2.16. The maximum absolute atomic E-state index is 12.7. The number of nitrogens with zero attached hydrogens (tertiary/aromatic N) is 1. The molecule has 0 aromatic carbocycles. The van der Waals surface area contributed by atoms with Gasteiger partial charge in [0.1, 0.15) is 24.4 Å². The second-order valence-corrected chi connectivity index (χ2v) is 6.99. The van der Waals surface area contributed by atoms with Crippen LogP contribution in [0.3, 0.4) is 0 Å². The molecule has 2 rings (SSSR count). The van der Waals surface area contributed by atoms with Crippen molar-refractivity contribution < 1.29 is 30.0 Å². The average Bonchev–Trinajstić information content (AvgIpc) is 3.14. The van der Waals surface area contributed by atoms with Crippen LogP contribution >= 0.6 is 0 Å². The third kappa shape index (κ3) is 5.87. The van der Waals surface area contributed by atoms with E-state index < -0.39 is 31.0 Å². The number of rotatable bonds is 3. The van der Waals surface area contributed by atoms with Crippen molar-refractivity contribution in [3.05, 3.63) is 0 Å². The van der Waals surface area contributed by atoms with Crippen molar-refractivity contribution in [2.45, 2.75) is 69.0 Å². The predicted molar refractivity (Wildman–Crippen MR) is 90.9 cm³/mol. The van der Waals surface area contributed by atoms with Gasteiger partial charge in [0.25, 0.3) is 0 Å². The number of carbonyl (C=O) groups excluding carboxylic acids is 1. The first-order valence-corrected chi connectivity index (χ1v) is 9.33. The summed E-state index contributed by atoms with van der Waals surface area (Å²) in [5.74, 6) is -0.0546. The number of amides is 1. The molecule has 0 aliphatic carbocycles. The van der Waals surface area contributed by atoms with Crippen LogP contribution in [-0.2, 0) is 9.53 Å². The molecule has 0 aromatic heterocycles. The van der Waals surface area contributed by atoms with E-state index in [1.54, 1.807) is 4.90 Å². The second-order valence-electron chi connectivity index (χ2n) is 6.99. The highest BCUT2D eigenvalue weighted by atomic mass is 16.5. The summed E-state index contributed by atoms with van der Waals surface area (Å²) in [5, 5.41) is 43.0. The summed E-state index contributed by atoms with van der Waals surface area (Å²) in [6.45, 7) is 1.11. The molecular formula is C17H32N2O6. The number of β-amino-alcohol motifs (C(OH)–C–C–N with tert-alkyl or cyclic N) is 1. The largest absolute Gasteiger partial charge is 0.394 e. The van der Waals surface area contributed by atoms with Gasteiger partial charge in [-0.15, -0.1) is 0 Å². The molecule has 2 aliphatic heterocycles. The number of hydrogen-bond donors (Lipinski definition) is 5. The van der Waals surface area contributed by atoms with E-state index in [1.807, 2.05) is 0 Å². The molecule has 0 aromatic rings. The Bertz CT molecular complexity index is 405. The van der Waals surface area contributed by atoms with Gasteiger partial charge in [-0.05, 0) is 32.2 Å². The molecule has 0 spiro atoms. The summed E-state index contributed by atoms with van der Waals surface area (Å²) < 4.78 is 5.51. The summed E-state index contributed by atoms with van der Waals surface area (Å²) in [4.78, 5) is 14.3. The van der Waals surface area contributed by atoms with Crippen LogP contribution in [0.2, 0.25) is 0 Å². The van der Waals surface area contributed by atoms with Crippen molar-refractivity contribution in [3.8, 4) is 0 Å². The predicted octanol–water partition coefficient (Wildman–Crippen LogP) is -1.40. The fraction of sp³-hybridized carbons (Fsp3) is 0.941. The zero-order valence-corrected chi connectivity index (χ0v) is 14.7. The Labute approximate surface area is 148 Å². The van der Waals surface area contributed by atoms with E-state index in [-0.39, 0.29) is 18.5 Å². The van der Waals surface area contributed by atoms with Crippen molar-refractivity contribution in [1.29, 1.82) is 0 Å². The van der Waals surface area contributed by atoms with Crippen molar-refractivity contribution in [1.82, 2.24) is 10.2 Å². The van der Waals surface area contributed by atoms with Crippen LogP contribution in [0.5, 0.6) is 0 Å². The number of aliphatic hydroxyl groups excluding tert-OH is 4. The van der Waals surface area contributed by atoms with E-state index in [0.29, 0.717) is 13.2 Å². The lowest BCUT2D eigenvalue weighted by Gasteiger charge is -2.34. The smallest absolute Gasteiger partial charge is 0.239 e. The topological polar surface area (TPSA) is 122 Å². The summed E-state index contributed by atoms with van der Waals surface area (Å²) >= 11 is 0. The lowest BCUT2D eigenvalue weighted by molar-refractivity contribution is -0.152. The maximum Gasteiger partial charge on any atom is 0.239 e. The van der Waals surface area contributed by atoms with Gasteiger partial charge in [0, 0.05) is 19.7 Å². The third-order valence-corrected chi connectivity index (χ3v) is 5.01. The molecule has 25 heavy (non-hydrogen) atoms. The van der Waals surface area contributed by atoms with Crippen LogP contribution in [0.4, 0.5) is 0 Å². The van der Waals surface area contributed by atoms with Crippen molar-refractivity contribution in [2.75, 3.05) is 32.8 Å². The first-order valence-electron chi connectivity index (χ1n) is 9.33. The van der Waals surface area contributed by atoms with Gasteiger partial charge in [-0.3, -0.25) is 4.79 Å². The molecule has 8 nitrogen and oxygen atoms in total. The fourth-order valence-electron chi connectivity index (χ4n) is 3.48. The highest BCUT2D eigenvalue weighted by molar-refractivity contribution is 5.82. The molecule has 0 unspecified atom stereocenters. The quantitative estimate of drug-likeness (QED) is 0.420. The van der Waals surface area contributed by atoms with E-state index in [9.17, 15) is 20.1 Å². The Morgan fingerprint density at radius 2 is 1.96 bits per heavy atom. The Balaban J connectivity index is 2.07. The van der Waals surface area contributed by atoms with Crippen LogP contribution in [0.15, 0.2) is 0 Å². The van der Waals surface area contributed by atoms with Gasteiger partial charge in [0.05, 0.1) is 12.6 Å². The number of hydrogen-bond acceptors (Lipinski definition) is 7. The molecule has 0 radical (unpaired) electrons. The van der Waals surface area contributed by atoms with Gasteiger partial charge in [-0.25, -0.2) is 0 Å². The number of ether oxygens (including phenoxy) is 1. The summed E-state index contributed by atoms with van der Waals surface area (Å²) in [6, 6.07) is -0.229. The lowest BCUT2D eigenvalue weighted by Crippen LogP contribution is -2.53. The molecule has 0 bridgehead atoms. The maximum atomic E-state index is 12.7. The highest BCUT2D eigenvalue weighted by Gasteiger charge is 2.35. The fourth-order valence-corrected chi connectivity index (χ4v) is 3.48. The SMILES string of the molecule is O=C([C@@H]1CCCN1)N1CCCCCCO[C@H]([C@H](O)CO)[C@H](O)[C@@H](O)C1. The molecule has 2 saturated heterocycles. The molecule has 0 saturated carbocycles. The Hall–Kier alpha value is -0.770. The summed E-state index contributed by atoms with van der Waals surface area (Å²) in [6.07, 6.45) is 0.191. The van der Waals surface area contributed by atoms with Gasteiger partial charge in [-0.2, -0.15) is 0 Å². The van der Waals surface area contributed by atoms with Gasteiger partial charge in [-0.1, -0.05) is 12.8 Å². The van der Waals surface area contributed by atoms with Gasteiger partial charge < -0.3 is 35.4 Å². The first kappa shape index (κ1) is 20.5. The molecular weight excluding hydrogens is 328 g/mol. The second kappa shape index (κ2) is 10.4. The standard InChI is InChI=1S/C17H32N2O6/c20-11-14(22)16-15(23)13(21)10-19(8-3-1-2-4-9-25-16)17(24)12-6-5-7-18-12/h12-16,18,20-23H,1-11H2/t12-,13-,14+,15+,16+/m0/s1. The zero-order valence-electron chi connectivity index (χ0n) is 14.7. The minimum Gasteiger partial charge on any atom is -0.394 e. The first-order chi connectivity index (χ1) is 12.0. The Kier molecular flexibility index (Phi) is 8.54. The minimum absolute atomic E-state index is 0.0177. The van der Waals surface area contributed by atoms with E-state index in [1.165, 1.54) is 0 Å². The van der Waals surface area contributed by atoms with Crippen LogP contribution < -0.4 is 5.32 Å².